The number of aromatic nitrogens is 3. The van der Waals surface area contributed by atoms with E-state index in [0.717, 1.165) is 48.1 Å². The number of hydrogen-bond donors (Lipinski definition) is 1. The van der Waals surface area contributed by atoms with Crippen LogP contribution in [0.25, 0.3) is 5.65 Å². The molecule has 1 N–H and O–H groups in total. The Balaban J connectivity index is 1.43. The van der Waals surface area contributed by atoms with E-state index in [1.54, 1.807) is 0 Å². The molecule has 0 spiro atoms. The first-order valence-corrected chi connectivity index (χ1v) is 9.00. The second kappa shape index (κ2) is 6.24. The van der Waals surface area contributed by atoms with Gasteiger partial charge in [0.2, 0.25) is 5.95 Å². The zero-order valence-electron chi connectivity index (χ0n) is 13.5. The monoisotopic (exact) mass is 341 g/mol. The van der Waals surface area contributed by atoms with Crippen LogP contribution in [0, 0.1) is 6.92 Å². The lowest BCUT2D eigenvalue weighted by Crippen LogP contribution is -2.45. The SMILES string of the molecule is Cc1cccc2nnc(N3CCC(NC(=O)c4cccs4)CC3)n12. The van der Waals surface area contributed by atoms with Gasteiger partial charge in [-0.15, -0.1) is 21.5 Å². The molecule has 7 heteroatoms. The molecule has 6 nitrogen and oxygen atoms in total. The minimum Gasteiger partial charge on any atom is -0.348 e. The Morgan fingerprint density at radius 3 is 2.79 bits per heavy atom. The number of aryl methyl sites for hydroxylation is 1. The lowest BCUT2D eigenvalue weighted by molar-refractivity contribution is 0.0935. The van der Waals surface area contributed by atoms with E-state index in [2.05, 4.69) is 37.8 Å². The van der Waals surface area contributed by atoms with Crippen molar-refractivity contribution in [3.05, 3.63) is 46.3 Å². The Morgan fingerprint density at radius 2 is 2.04 bits per heavy atom. The summed E-state index contributed by atoms with van der Waals surface area (Å²) in [6.07, 6.45) is 1.83. The summed E-state index contributed by atoms with van der Waals surface area (Å²) in [5.74, 6) is 0.929. The fourth-order valence-electron chi connectivity index (χ4n) is 3.17. The van der Waals surface area contributed by atoms with Crippen LogP contribution >= 0.6 is 11.3 Å². The molecule has 1 aliphatic heterocycles. The third-order valence-electron chi connectivity index (χ3n) is 4.46. The fourth-order valence-corrected chi connectivity index (χ4v) is 3.80. The highest BCUT2D eigenvalue weighted by Crippen LogP contribution is 2.21. The number of anilines is 1. The highest BCUT2D eigenvalue weighted by atomic mass is 32.1. The molecule has 1 amide bonds. The number of thiophene rings is 1. The van der Waals surface area contributed by atoms with E-state index >= 15 is 0 Å². The average Bonchev–Trinajstić information content (AvgIpc) is 3.26. The van der Waals surface area contributed by atoms with Crippen molar-refractivity contribution in [1.29, 1.82) is 0 Å². The summed E-state index contributed by atoms with van der Waals surface area (Å²) >= 11 is 1.48. The van der Waals surface area contributed by atoms with Gasteiger partial charge < -0.3 is 10.2 Å². The molecule has 0 bridgehead atoms. The quantitative estimate of drug-likeness (QED) is 0.795. The van der Waals surface area contributed by atoms with E-state index in [4.69, 9.17) is 0 Å². The van der Waals surface area contributed by atoms with Crippen molar-refractivity contribution < 1.29 is 4.79 Å². The van der Waals surface area contributed by atoms with Gasteiger partial charge in [0.1, 0.15) is 0 Å². The second-order valence-corrected chi connectivity index (χ2v) is 7.02. The first-order chi connectivity index (χ1) is 11.7. The molecule has 124 valence electrons. The molecule has 4 rings (SSSR count). The largest absolute Gasteiger partial charge is 0.348 e. The Labute approximate surface area is 144 Å². The van der Waals surface area contributed by atoms with Crippen molar-refractivity contribution in [2.75, 3.05) is 18.0 Å². The van der Waals surface area contributed by atoms with Gasteiger partial charge in [-0.3, -0.25) is 9.20 Å². The number of rotatable bonds is 3. The van der Waals surface area contributed by atoms with Crippen LogP contribution in [0.2, 0.25) is 0 Å². The number of piperidine rings is 1. The normalized spacial score (nSPS) is 15.8. The number of pyridine rings is 1. The van der Waals surface area contributed by atoms with Crippen LogP contribution in [0.1, 0.15) is 28.2 Å². The van der Waals surface area contributed by atoms with Crippen molar-refractivity contribution in [3.63, 3.8) is 0 Å². The van der Waals surface area contributed by atoms with E-state index in [1.807, 2.05) is 29.6 Å². The van der Waals surface area contributed by atoms with E-state index in [0.29, 0.717) is 0 Å². The lowest BCUT2D eigenvalue weighted by atomic mass is 10.1. The van der Waals surface area contributed by atoms with Gasteiger partial charge in [-0.25, -0.2) is 0 Å². The zero-order valence-corrected chi connectivity index (χ0v) is 14.3. The maximum atomic E-state index is 12.2. The van der Waals surface area contributed by atoms with Gasteiger partial charge in [-0.2, -0.15) is 0 Å². The van der Waals surface area contributed by atoms with E-state index in [-0.39, 0.29) is 11.9 Å². The van der Waals surface area contributed by atoms with Crippen LogP contribution in [-0.2, 0) is 0 Å². The third-order valence-corrected chi connectivity index (χ3v) is 5.33. The second-order valence-electron chi connectivity index (χ2n) is 6.07. The predicted octanol–water partition coefficient (Wildman–Crippen LogP) is 2.50. The molecule has 0 radical (unpaired) electrons. The zero-order chi connectivity index (χ0) is 16.5. The van der Waals surface area contributed by atoms with Crippen LogP contribution in [0.4, 0.5) is 5.95 Å². The number of amides is 1. The molecular formula is C17H19N5OS. The summed E-state index contributed by atoms with van der Waals surface area (Å²) in [4.78, 5) is 15.2. The third kappa shape index (κ3) is 2.75. The van der Waals surface area contributed by atoms with Crippen LogP contribution in [0.15, 0.2) is 35.7 Å². The molecule has 1 aliphatic rings. The minimum atomic E-state index is 0.0345. The number of nitrogens with zero attached hydrogens (tertiary/aromatic N) is 4. The topological polar surface area (TPSA) is 62.5 Å². The lowest BCUT2D eigenvalue weighted by Gasteiger charge is -2.32. The molecular weight excluding hydrogens is 322 g/mol. The number of fused-ring (bicyclic) bond motifs is 1. The van der Waals surface area contributed by atoms with E-state index in [9.17, 15) is 4.79 Å². The number of carbonyl (C=O) groups is 1. The van der Waals surface area contributed by atoms with Crippen LogP contribution < -0.4 is 10.2 Å². The van der Waals surface area contributed by atoms with E-state index in [1.165, 1.54) is 11.3 Å². The van der Waals surface area contributed by atoms with Crippen molar-refractivity contribution in [2.24, 2.45) is 0 Å². The Morgan fingerprint density at radius 1 is 1.21 bits per heavy atom. The molecule has 0 saturated carbocycles. The number of nitrogens with one attached hydrogen (secondary N) is 1. The molecule has 0 aromatic carbocycles. The van der Waals surface area contributed by atoms with Gasteiger partial charge in [-0.1, -0.05) is 12.1 Å². The van der Waals surface area contributed by atoms with E-state index < -0.39 is 0 Å². The summed E-state index contributed by atoms with van der Waals surface area (Å²) in [7, 11) is 0. The van der Waals surface area contributed by atoms with Crippen molar-refractivity contribution >= 4 is 28.8 Å². The molecule has 1 saturated heterocycles. The first kappa shape index (κ1) is 15.1. The highest BCUT2D eigenvalue weighted by Gasteiger charge is 2.24. The Kier molecular flexibility index (Phi) is 3.93. The molecule has 1 fully saturated rings. The average molecular weight is 341 g/mol. The number of carbonyl (C=O) groups excluding carboxylic acids is 1. The summed E-state index contributed by atoms with van der Waals surface area (Å²) < 4.78 is 2.09. The maximum Gasteiger partial charge on any atom is 0.261 e. The fraction of sp³-hybridized carbons (Fsp3) is 0.353. The van der Waals surface area contributed by atoms with Crippen molar-refractivity contribution in [3.8, 4) is 0 Å². The van der Waals surface area contributed by atoms with Crippen LogP contribution in [-0.4, -0.2) is 39.6 Å². The summed E-state index contributed by atoms with van der Waals surface area (Å²) in [6, 6.07) is 10.0. The molecule has 4 heterocycles. The van der Waals surface area contributed by atoms with Crippen molar-refractivity contribution in [2.45, 2.75) is 25.8 Å². The Bertz CT molecular complexity index is 849. The van der Waals surface area contributed by atoms with Gasteiger partial charge >= 0.3 is 0 Å². The first-order valence-electron chi connectivity index (χ1n) is 8.12. The molecule has 0 unspecified atom stereocenters. The van der Waals surface area contributed by atoms with Gasteiger partial charge in [0.25, 0.3) is 5.91 Å². The maximum absolute atomic E-state index is 12.2. The van der Waals surface area contributed by atoms with Crippen LogP contribution in [0.5, 0.6) is 0 Å². The van der Waals surface area contributed by atoms with Gasteiger partial charge in [0, 0.05) is 24.8 Å². The van der Waals surface area contributed by atoms with Gasteiger partial charge in [-0.05, 0) is 43.3 Å². The standard InChI is InChI=1S/C17H19N5OS/c1-12-4-2-6-15-19-20-17(22(12)15)21-9-7-13(8-10-21)18-16(23)14-5-3-11-24-14/h2-6,11,13H,7-10H2,1H3,(H,18,23). The van der Waals surface area contributed by atoms with Gasteiger partial charge in [0.05, 0.1) is 4.88 Å². The minimum absolute atomic E-state index is 0.0345. The smallest absolute Gasteiger partial charge is 0.261 e. The molecule has 3 aromatic rings. The molecule has 0 aliphatic carbocycles. The molecule has 3 aromatic heterocycles. The highest BCUT2D eigenvalue weighted by molar-refractivity contribution is 7.12. The summed E-state index contributed by atoms with van der Waals surface area (Å²) in [5, 5.41) is 13.7. The Hall–Kier alpha value is -2.41. The number of hydrogen-bond acceptors (Lipinski definition) is 5. The van der Waals surface area contributed by atoms with Crippen LogP contribution in [0.3, 0.4) is 0 Å². The molecule has 24 heavy (non-hydrogen) atoms. The molecule has 0 atom stereocenters. The predicted molar refractivity (Wildman–Crippen MR) is 94.7 cm³/mol. The summed E-state index contributed by atoms with van der Waals surface area (Å²) in [5.41, 5.74) is 2.00. The summed E-state index contributed by atoms with van der Waals surface area (Å²) in [6.45, 7) is 3.79. The van der Waals surface area contributed by atoms with Crippen molar-refractivity contribution in [1.82, 2.24) is 19.9 Å². The van der Waals surface area contributed by atoms with Gasteiger partial charge in [0.15, 0.2) is 5.65 Å².